The molecule has 1 amide bonds. The van der Waals surface area contributed by atoms with E-state index < -0.39 is 15.3 Å². The van der Waals surface area contributed by atoms with Gasteiger partial charge >= 0.3 is 0 Å². The Kier molecular flexibility index (Phi) is 6.05. The van der Waals surface area contributed by atoms with Gasteiger partial charge in [0.25, 0.3) is 5.91 Å². The molecule has 0 bridgehead atoms. The number of ether oxygens (including phenoxy) is 1. The Labute approximate surface area is 196 Å². The smallest absolute Gasteiger partial charge is 0.253 e. The van der Waals surface area contributed by atoms with Crippen molar-refractivity contribution >= 4 is 15.9 Å². The highest BCUT2D eigenvalue weighted by atomic mass is 32.2. The number of amides is 1. The van der Waals surface area contributed by atoms with Crippen molar-refractivity contribution in [2.45, 2.75) is 43.9 Å². The molecule has 0 aliphatic carbocycles. The van der Waals surface area contributed by atoms with E-state index in [-0.39, 0.29) is 11.9 Å². The third-order valence-corrected chi connectivity index (χ3v) is 10.1. The lowest BCUT2D eigenvalue weighted by Gasteiger charge is -2.47. The molecular weight excluding hydrogens is 436 g/mol. The Bertz CT molecular complexity index is 1090. The lowest BCUT2D eigenvalue weighted by molar-refractivity contribution is -0.136. The zero-order chi connectivity index (χ0) is 23.1. The number of piperidine rings is 1. The Balaban J connectivity index is 1.28. The normalized spacial score (nSPS) is 25.4. The molecule has 5 rings (SSSR count). The number of rotatable bonds is 4. The van der Waals surface area contributed by atoms with E-state index in [0.29, 0.717) is 23.9 Å². The molecule has 7 heteroatoms. The predicted molar refractivity (Wildman–Crippen MR) is 127 cm³/mol. The topological polar surface area (TPSA) is 66.9 Å². The van der Waals surface area contributed by atoms with E-state index in [1.165, 1.54) is 0 Å². The van der Waals surface area contributed by atoms with E-state index in [0.717, 1.165) is 56.7 Å². The van der Waals surface area contributed by atoms with Gasteiger partial charge in [0.1, 0.15) is 5.25 Å². The molecule has 3 aliphatic heterocycles. The van der Waals surface area contributed by atoms with Gasteiger partial charge in [0.15, 0.2) is 0 Å². The fourth-order valence-electron chi connectivity index (χ4n) is 5.41. The molecule has 176 valence electrons. The van der Waals surface area contributed by atoms with Crippen LogP contribution in [-0.2, 0) is 14.8 Å². The van der Waals surface area contributed by atoms with Crippen LogP contribution >= 0.6 is 0 Å². The molecule has 3 fully saturated rings. The highest BCUT2D eigenvalue weighted by Gasteiger charge is 2.42. The first-order valence-corrected chi connectivity index (χ1v) is 13.4. The van der Waals surface area contributed by atoms with Crippen molar-refractivity contribution in [1.29, 1.82) is 0 Å². The molecule has 1 spiro atoms. The Morgan fingerprint density at radius 3 is 2.27 bits per heavy atom. The molecule has 0 radical (unpaired) electrons. The van der Waals surface area contributed by atoms with Crippen LogP contribution in [0.15, 0.2) is 54.6 Å². The predicted octanol–water partition coefficient (Wildman–Crippen LogP) is 4.17. The van der Waals surface area contributed by atoms with Crippen LogP contribution in [0.25, 0.3) is 0 Å². The number of carbonyl (C=O) groups excluding carboxylic acids is 1. The van der Waals surface area contributed by atoms with Crippen LogP contribution < -0.4 is 0 Å². The molecule has 0 saturated carbocycles. The van der Waals surface area contributed by atoms with E-state index in [1.807, 2.05) is 66.4 Å². The van der Waals surface area contributed by atoms with Gasteiger partial charge in [0.05, 0.1) is 13.2 Å². The molecule has 3 aliphatic rings. The summed E-state index contributed by atoms with van der Waals surface area (Å²) in [5, 5.41) is -0.501. The van der Waals surface area contributed by atoms with Crippen LogP contribution in [0.2, 0.25) is 0 Å². The van der Waals surface area contributed by atoms with Gasteiger partial charge in [-0.25, -0.2) is 8.42 Å². The first kappa shape index (κ1) is 22.6. The Morgan fingerprint density at radius 1 is 1.00 bits per heavy atom. The summed E-state index contributed by atoms with van der Waals surface area (Å²) in [6, 6.07) is 16.7. The number of likely N-dealkylation sites (tertiary alicyclic amines) is 1. The lowest BCUT2D eigenvalue weighted by Crippen LogP contribution is -2.52. The average molecular weight is 469 g/mol. The Hall–Kier alpha value is -2.22. The van der Waals surface area contributed by atoms with Crippen molar-refractivity contribution in [3.05, 3.63) is 71.3 Å². The van der Waals surface area contributed by atoms with E-state index >= 15 is 0 Å². The number of carbonyl (C=O) groups is 1. The summed E-state index contributed by atoms with van der Waals surface area (Å²) in [6.07, 6.45) is 3.49. The monoisotopic (exact) mass is 468 g/mol. The molecule has 33 heavy (non-hydrogen) atoms. The molecule has 2 atom stereocenters. The second-order valence-electron chi connectivity index (χ2n) is 9.78. The molecular formula is C26H32N2O4S. The number of sulfonamides is 1. The van der Waals surface area contributed by atoms with E-state index in [2.05, 4.69) is 0 Å². The highest BCUT2D eigenvalue weighted by molar-refractivity contribution is 7.89. The molecule has 3 saturated heterocycles. The van der Waals surface area contributed by atoms with Crippen molar-refractivity contribution in [1.82, 2.24) is 9.21 Å². The van der Waals surface area contributed by atoms with Gasteiger partial charge in [-0.3, -0.25) is 4.79 Å². The summed E-state index contributed by atoms with van der Waals surface area (Å²) in [6.45, 7) is 5.65. The maximum atomic E-state index is 13.4. The van der Waals surface area contributed by atoms with Crippen LogP contribution in [0, 0.1) is 5.41 Å². The largest absolute Gasteiger partial charge is 0.380 e. The third-order valence-electron chi connectivity index (χ3n) is 7.70. The summed E-state index contributed by atoms with van der Waals surface area (Å²) < 4.78 is 33.9. The van der Waals surface area contributed by atoms with E-state index in [9.17, 15) is 13.2 Å². The van der Waals surface area contributed by atoms with Crippen LogP contribution in [0.1, 0.15) is 65.4 Å². The van der Waals surface area contributed by atoms with Crippen LogP contribution in [0.3, 0.4) is 0 Å². The second-order valence-corrected chi connectivity index (χ2v) is 11.8. The van der Waals surface area contributed by atoms with E-state index in [1.54, 1.807) is 4.31 Å². The van der Waals surface area contributed by atoms with Crippen molar-refractivity contribution in [3.63, 3.8) is 0 Å². The molecule has 2 aromatic carbocycles. The summed E-state index contributed by atoms with van der Waals surface area (Å²) in [5.41, 5.74) is 2.73. The highest BCUT2D eigenvalue weighted by Crippen LogP contribution is 2.40. The lowest BCUT2D eigenvalue weighted by atomic mass is 9.77. The van der Waals surface area contributed by atoms with Gasteiger partial charge in [-0.15, -0.1) is 0 Å². The SMILES string of the molecule is CC(c1ccc(C(=O)N2CCC3(CC2)COC3)cc1)N1CCCC(c2ccccc2)S1(=O)=O. The summed E-state index contributed by atoms with van der Waals surface area (Å²) >= 11 is 0. The number of benzene rings is 2. The van der Waals surface area contributed by atoms with Crippen molar-refractivity contribution < 1.29 is 17.9 Å². The molecule has 6 nitrogen and oxygen atoms in total. The molecule has 0 N–H and O–H groups in total. The fraction of sp³-hybridized carbons (Fsp3) is 0.500. The number of hydrogen-bond acceptors (Lipinski definition) is 4. The molecule has 3 heterocycles. The quantitative estimate of drug-likeness (QED) is 0.676. The zero-order valence-corrected chi connectivity index (χ0v) is 20.0. The minimum Gasteiger partial charge on any atom is -0.380 e. The van der Waals surface area contributed by atoms with Gasteiger partial charge in [0, 0.05) is 36.7 Å². The summed E-state index contributed by atoms with van der Waals surface area (Å²) in [7, 11) is -3.47. The fourth-order valence-corrected chi connectivity index (χ4v) is 7.65. The van der Waals surface area contributed by atoms with Gasteiger partial charge in [-0.2, -0.15) is 4.31 Å². The van der Waals surface area contributed by atoms with Crippen molar-refractivity contribution in [2.24, 2.45) is 5.41 Å². The Morgan fingerprint density at radius 2 is 1.67 bits per heavy atom. The van der Waals surface area contributed by atoms with Crippen LogP contribution in [0.5, 0.6) is 0 Å². The van der Waals surface area contributed by atoms with Crippen LogP contribution in [0.4, 0.5) is 0 Å². The standard InChI is InChI=1S/C26H32N2O4S/c1-20(28-15-5-8-24(33(28,30)31)22-6-3-2-4-7-22)21-9-11-23(12-10-21)25(29)27-16-13-26(14-17-27)18-32-19-26/h2-4,6-7,9-12,20,24H,5,8,13-19H2,1H3. The maximum absolute atomic E-state index is 13.4. The molecule has 2 unspecified atom stereocenters. The first-order chi connectivity index (χ1) is 15.9. The second kappa shape index (κ2) is 8.85. The maximum Gasteiger partial charge on any atom is 0.253 e. The average Bonchev–Trinajstić information content (AvgIpc) is 2.82. The van der Waals surface area contributed by atoms with Gasteiger partial charge in [-0.1, -0.05) is 42.5 Å². The number of hydrogen-bond donors (Lipinski definition) is 0. The molecule has 0 aromatic heterocycles. The minimum atomic E-state index is -3.47. The van der Waals surface area contributed by atoms with Crippen molar-refractivity contribution in [3.8, 4) is 0 Å². The number of nitrogens with zero attached hydrogens (tertiary/aromatic N) is 2. The summed E-state index contributed by atoms with van der Waals surface area (Å²) in [5.74, 6) is 0.0547. The minimum absolute atomic E-state index is 0.0547. The van der Waals surface area contributed by atoms with Gasteiger partial charge < -0.3 is 9.64 Å². The van der Waals surface area contributed by atoms with E-state index in [4.69, 9.17) is 4.74 Å². The molecule has 2 aromatic rings. The van der Waals surface area contributed by atoms with Gasteiger partial charge in [-0.05, 0) is 55.9 Å². The van der Waals surface area contributed by atoms with Crippen molar-refractivity contribution in [2.75, 3.05) is 32.8 Å². The van der Waals surface area contributed by atoms with Gasteiger partial charge in [0.2, 0.25) is 10.0 Å². The third kappa shape index (κ3) is 4.22. The first-order valence-electron chi connectivity index (χ1n) is 11.9. The van der Waals surface area contributed by atoms with Crippen LogP contribution in [-0.4, -0.2) is 56.4 Å². The zero-order valence-electron chi connectivity index (χ0n) is 19.2. The summed E-state index contributed by atoms with van der Waals surface area (Å²) in [4.78, 5) is 14.9.